The van der Waals surface area contributed by atoms with Crippen LogP contribution in [0.4, 0.5) is 0 Å². The van der Waals surface area contributed by atoms with Gasteiger partial charge in [0, 0.05) is 12.1 Å². The van der Waals surface area contributed by atoms with E-state index in [2.05, 4.69) is 10.6 Å². The van der Waals surface area contributed by atoms with Gasteiger partial charge in [-0.15, -0.1) is 0 Å². The van der Waals surface area contributed by atoms with Gasteiger partial charge < -0.3 is 15.4 Å². The Hall–Kier alpha value is -3.15. The molecule has 160 valence electrons. The van der Waals surface area contributed by atoms with Gasteiger partial charge in [-0.25, -0.2) is 4.79 Å². The lowest BCUT2D eigenvalue weighted by Gasteiger charge is -2.24. The number of benzene rings is 2. The van der Waals surface area contributed by atoms with Crippen molar-refractivity contribution >= 4 is 17.8 Å². The molecule has 2 amide bonds. The van der Waals surface area contributed by atoms with Crippen molar-refractivity contribution in [2.45, 2.75) is 52.8 Å². The molecule has 0 saturated carbocycles. The summed E-state index contributed by atoms with van der Waals surface area (Å²) in [6.07, 6.45) is -0.300. The Morgan fingerprint density at radius 1 is 0.967 bits per heavy atom. The predicted molar refractivity (Wildman–Crippen MR) is 116 cm³/mol. The summed E-state index contributed by atoms with van der Waals surface area (Å²) in [6, 6.07) is 15.6. The van der Waals surface area contributed by atoms with Crippen molar-refractivity contribution in [2.75, 3.05) is 0 Å². The second-order valence-corrected chi connectivity index (χ2v) is 7.49. The predicted octanol–water partition coefficient (Wildman–Crippen LogP) is 3.39. The maximum atomic E-state index is 12.7. The summed E-state index contributed by atoms with van der Waals surface area (Å²) in [5.41, 5.74) is 2.56. The zero-order valence-electron chi connectivity index (χ0n) is 18.0. The largest absolute Gasteiger partial charge is 0.451 e. The van der Waals surface area contributed by atoms with Gasteiger partial charge in [0.2, 0.25) is 0 Å². The van der Waals surface area contributed by atoms with Crippen LogP contribution in [0.15, 0.2) is 54.6 Å². The van der Waals surface area contributed by atoms with Gasteiger partial charge in [-0.05, 0) is 37.5 Å². The highest BCUT2D eigenvalue weighted by Crippen LogP contribution is 2.12. The molecule has 0 fully saturated rings. The summed E-state index contributed by atoms with van der Waals surface area (Å²) < 4.78 is 5.38. The van der Waals surface area contributed by atoms with Crippen LogP contribution >= 0.6 is 0 Å². The number of esters is 1. The molecule has 0 aliphatic heterocycles. The van der Waals surface area contributed by atoms with Crippen molar-refractivity contribution in [2.24, 2.45) is 5.92 Å². The highest BCUT2D eigenvalue weighted by Gasteiger charge is 2.30. The van der Waals surface area contributed by atoms with Crippen LogP contribution < -0.4 is 10.6 Å². The summed E-state index contributed by atoms with van der Waals surface area (Å²) in [5, 5.41) is 5.51. The lowest BCUT2D eigenvalue weighted by atomic mass is 9.98. The monoisotopic (exact) mass is 410 g/mol. The Kier molecular flexibility index (Phi) is 8.59. The van der Waals surface area contributed by atoms with E-state index >= 15 is 0 Å². The van der Waals surface area contributed by atoms with E-state index in [1.165, 1.54) is 6.92 Å². The average Bonchev–Trinajstić information content (AvgIpc) is 2.76. The first-order valence-corrected chi connectivity index (χ1v) is 10.2. The fourth-order valence-corrected chi connectivity index (χ4v) is 2.82. The Bertz CT molecular complexity index is 849. The summed E-state index contributed by atoms with van der Waals surface area (Å²) >= 11 is 0. The van der Waals surface area contributed by atoms with Crippen LogP contribution in [-0.2, 0) is 20.9 Å². The average molecular weight is 411 g/mol. The highest BCUT2D eigenvalue weighted by molar-refractivity contribution is 5.97. The third-order valence-electron chi connectivity index (χ3n) is 5.04. The van der Waals surface area contributed by atoms with Crippen molar-refractivity contribution in [3.63, 3.8) is 0 Å². The molecule has 6 nitrogen and oxygen atoms in total. The van der Waals surface area contributed by atoms with E-state index in [1.807, 2.05) is 51.1 Å². The second kappa shape index (κ2) is 11.1. The standard InChI is InChI=1S/C24H30N2O4/c1-5-17(3)21(26-23(28)20-9-7-6-8-10-20)24(29)30-18(4)22(27)25-15-19-13-11-16(2)12-14-19/h6-14,17-18,21H,5,15H2,1-4H3,(H,25,27)(H,26,28)/t17-,18-,21-/m0/s1. The van der Waals surface area contributed by atoms with E-state index in [4.69, 9.17) is 4.74 Å². The summed E-state index contributed by atoms with van der Waals surface area (Å²) in [5.74, 6) is -1.50. The summed E-state index contributed by atoms with van der Waals surface area (Å²) in [6.45, 7) is 7.65. The Balaban J connectivity index is 1.95. The quantitative estimate of drug-likeness (QED) is 0.621. The first-order valence-electron chi connectivity index (χ1n) is 10.2. The van der Waals surface area contributed by atoms with Gasteiger partial charge in [-0.1, -0.05) is 68.3 Å². The number of aryl methyl sites for hydroxylation is 1. The summed E-state index contributed by atoms with van der Waals surface area (Å²) in [7, 11) is 0. The van der Waals surface area contributed by atoms with Crippen molar-refractivity contribution in [1.82, 2.24) is 10.6 Å². The fraction of sp³-hybridized carbons (Fsp3) is 0.375. The molecule has 2 N–H and O–H groups in total. The lowest BCUT2D eigenvalue weighted by Crippen LogP contribution is -2.48. The number of hydrogen-bond acceptors (Lipinski definition) is 4. The maximum Gasteiger partial charge on any atom is 0.329 e. The van der Waals surface area contributed by atoms with Gasteiger partial charge in [-0.2, -0.15) is 0 Å². The Labute approximate surface area is 178 Å². The van der Waals surface area contributed by atoms with Crippen molar-refractivity contribution in [3.8, 4) is 0 Å². The molecule has 0 aromatic heterocycles. The van der Waals surface area contributed by atoms with Crippen molar-refractivity contribution in [1.29, 1.82) is 0 Å². The zero-order chi connectivity index (χ0) is 22.1. The minimum atomic E-state index is -0.969. The van der Waals surface area contributed by atoms with Gasteiger partial charge in [0.1, 0.15) is 6.04 Å². The van der Waals surface area contributed by atoms with E-state index in [0.29, 0.717) is 18.5 Å². The van der Waals surface area contributed by atoms with Crippen molar-refractivity contribution < 1.29 is 19.1 Å². The van der Waals surface area contributed by atoms with Gasteiger partial charge in [0.15, 0.2) is 6.10 Å². The number of rotatable bonds is 9. The molecule has 2 aromatic rings. The van der Waals surface area contributed by atoms with Crippen molar-refractivity contribution in [3.05, 3.63) is 71.3 Å². The molecule has 0 radical (unpaired) electrons. The molecule has 30 heavy (non-hydrogen) atoms. The molecule has 0 heterocycles. The number of amides is 2. The molecule has 3 atom stereocenters. The van der Waals surface area contributed by atoms with Gasteiger partial charge in [-0.3, -0.25) is 9.59 Å². The number of carbonyl (C=O) groups is 3. The summed E-state index contributed by atoms with van der Waals surface area (Å²) in [4.78, 5) is 37.6. The molecular weight excluding hydrogens is 380 g/mol. The molecule has 2 aromatic carbocycles. The Morgan fingerprint density at radius 2 is 1.60 bits per heavy atom. The van der Waals surface area contributed by atoms with Crippen LogP contribution in [0, 0.1) is 12.8 Å². The molecule has 0 saturated heterocycles. The van der Waals surface area contributed by atoms with Crippen LogP contribution in [0.1, 0.15) is 48.7 Å². The third kappa shape index (κ3) is 6.72. The van der Waals surface area contributed by atoms with Crippen LogP contribution in [-0.4, -0.2) is 29.9 Å². The second-order valence-electron chi connectivity index (χ2n) is 7.49. The Morgan fingerprint density at radius 3 is 2.20 bits per heavy atom. The minimum absolute atomic E-state index is 0.145. The van der Waals surface area contributed by atoms with Gasteiger partial charge in [0.05, 0.1) is 0 Å². The van der Waals surface area contributed by atoms with E-state index in [9.17, 15) is 14.4 Å². The number of ether oxygens (including phenoxy) is 1. The first kappa shape index (κ1) is 23.1. The number of nitrogens with one attached hydrogen (secondary N) is 2. The lowest BCUT2D eigenvalue weighted by molar-refractivity contribution is -0.157. The molecule has 0 unspecified atom stereocenters. The SMILES string of the molecule is CC[C@H](C)[C@H](NC(=O)c1ccccc1)C(=O)O[C@@H](C)C(=O)NCc1ccc(C)cc1. The molecule has 0 aliphatic rings. The maximum absolute atomic E-state index is 12.7. The normalized spacial score (nSPS) is 13.6. The molecular formula is C24H30N2O4. The minimum Gasteiger partial charge on any atom is -0.451 e. The number of carbonyl (C=O) groups excluding carboxylic acids is 3. The fourth-order valence-electron chi connectivity index (χ4n) is 2.82. The first-order chi connectivity index (χ1) is 14.3. The van der Waals surface area contributed by atoms with E-state index in [0.717, 1.165) is 11.1 Å². The highest BCUT2D eigenvalue weighted by atomic mass is 16.5. The molecule has 0 spiro atoms. The molecule has 0 aliphatic carbocycles. The number of hydrogen-bond donors (Lipinski definition) is 2. The molecule has 6 heteroatoms. The van der Waals surface area contributed by atoms with E-state index in [1.54, 1.807) is 24.3 Å². The smallest absolute Gasteiger partial charge is 0.329 e. The van der Waals surface area contributed by atoms with Crippen LogP contribution in [0.2, 0.25) is 0 Å². The van der Waals surface area contributed by atoms with E-state index < -0.39 is 18.1 Å². The zero-order valence-corrected chi connectivity index (χ0v) is 18.0. The van der Waals surface area contributed by atoms with Gasteiger partial charge >= 0.3 is 5.97 Å². The topological polar surface area (TPSA) is 84.5 Å². The van der Waals surface area contributed by atoms with E-state index in [-0.39, 0.29) is 17.7 Å². The molecule has 0 bridgehead atoms. The molecule has 2 rings (SSSR count). The van der Waals surface area contributed by atoms with Gasteiger partial charge in [0.25, 0.3) is 11.8 Å². The van der Waals surface area contributed by atoms with Crippen LogP contribution in [0.5, 0.6) is 0 Å². The third-order valence-corrected chi connectivity index (χ3v) is 5.04. The van der Waals surface area contributed by atoms with Crippen LogP contribution in [0.25, 0.3) is 0 Å². The van der Waals surface area contributed by atoms with Crippen LogP contribution in [0.3, 0.4) is 0 Å².